The van der Waals surface area contributed by atoms with E-state index >= 15 is 0 Å². The molecule has 0 aromatic carbocycles. The molecule has 1 amide bonds. The topological polar surface area (TPSA) is 69.1 Å². The van der Waals surface area contributed by atoms with Crippen molar-refractivity contribution in [3.8, 4) is 0 Å². The first-order valence-corrected chi connectivity index (χ1v) is 3.00. The van der Waals surface area contributed by atoms with Crippen LogP contribution >= 0.6 is 0 Å². The van der Waals surface area contributed by atoms with Crippen LogP contribution in [0.25, 0.3) is 0 Å². The average molecular weight is 151 g/mol. The minimum atomic E-state index is -0.223. The maximum absolute atomic E-state index is 10.8. The minimum Gasteiger partial charge on any atom is -0.268 e. The predicted molar refractivity (Wildman–Crippen MR) is 38.2 cm³/mol. The van der Waals surface area contributed by atoms with Crippen LogP contribution in [0.1, 0.15) is 0 Å². The fourth-order valence-electron chi connectivity index (χ4n) is 0.757. The zero-order chi connectivity index (χ0) is 7.68. The van der Waals surface area contributed by atoms with Crippen molar-refractivity contribution in [2.24, 2.45) is 10.1 Å². The summed E-state index contributed by atoms with van der Waals surface area (Å²) in [7, 11) is 0. The van der Waals surface area contributed by atoms with Gasteiger partial charge in [0.1, 0.15) is 6.34 Å². The van der Waals surface area contributed by atoms with E-state index in [-0.39, 0.29) is 5.91 Å². The highest BCUT2D eigenvalue weighted by atomic mass is 16.2. The number of hydrazone groups is 1. The number of hydrogen-bond donors (Lipinski definition) is 2. The normalized spacial score (nSPS) is 20.2. The Morgan fingerprint density at radius 3 is 3.36 bits per heavy atom. The first kappa shape index (κ1) is 5.90. The summed E-state index contributed by atoms with van der Waals surface area (Å²) in [6, 6.07) is 0. The van der Waals surface area contributed by atoms with Gasteiger partial charge in [-0.15, -0.1) is 0 Å². The molecule has 0 bridgehead atoms. The van der Waals surface area contributed by atoms with E-state index in [4.69, 9.17) is 0 Å². The Kier molecular flexibility index (Phi) is 1.12. The predicted octanol–water partition coefficient (Wildman–Crippen LogP) is -1.25. The molecule has 6 heteroatoms. The lowest BCUT2D eigenvalue weighted by molar-refractivity contribution is -0.118. The Balaban J connectivity index is 2.28. The maximum Gasteiger partial charge on any atom is 0.264 e. The number of aliphatic imine (C=N–C) groups is 1. The molecule has 0 saturated carbocycles. The molecule has 0 aromatic heterocycles. The van der Waals surface area contributed by atoms with E-state index in [0.717, 1.165) is 0 Å². The van der Waals surface area contributed by atoms with Crippen molar-refractivity contribution in [1.82, 2.24) is 15.9 Å². The van der Waals surface area contributed by atoms with Crippen LogP contribution in [0.5, 0.6) is 0 Å². The molecule has 0 spiro atoms. The number of fused-ring (bicyclic) bond motifs is 1. The van der Waals surface area contributed by atoms with Gasteiger partial charge >= 0.3 is 0 Å². The van der Waals surface area contributed by atoms with Crippen molar-refractivity contribution in [1.29, 1.82) is 0 Å². The van der Waals surface area contributed by atoms with Crippen molar-refractivity contribution < 1.29 is 4.79 Å². The highest BCUT2D eigenvalue weighted by Crippen LogP contribution is 1.94. The molecule has 0 fully saturated rings. The number of rotatable bonds is 0. The number of carbonyl (C=O) groups excluding carboxylic acids is 1. The third-order valence-corrected chi connectivity index (χ3v) is 1.22. The van der Waals surface area contributed by atoms with E-state index in [9.17, 15) is 4.79 Å². The van der Waals surface area contributed by atoms with Crippen molar-refractivity contribution >= 4 is 18.2 Å². The molecule has 2 aliphatic rings. The van der Waals surface area contributed by atoms with Gasteiger partial charge in [-0.2, -0.15) is 5.10 Å². The molecular weight excluding hydrogens is 146 g/mol. The highest BCUT2D eigenvalue weighted by Gasteiger charge is 2.16. The van der Waals surface area contributed by atoms with Crippen molar-refractivity contribution in [2.45, 2.75) is 0 Å². The van der Waals surface area contributed by atoms with Gasteiger partial charge in [-0.3, -0.25) is 10.2 Å². The second-order valence-electron chi connectivity index (χ2n) is 1.97. The molecule has 0 unspecified atom stereocenters. The van der Waals surface area contributed by atoms with Gasteiger partial charge in [0.2, 0.25) is 5.96 Å². The minimum absolute atomic E-state index is 0.223. The van der Waals surface area contributed by atoms with Crippen LogP contribution in [0, 0.1) is 0 Å². The summed E-state index contributed by atoms with van der Waals surface area (Å²) in [5.74, 6) is 0.269. The third kappa shape index (κ3) is 0.936. The maximum atomic E-state index is 10.8. The van der Waals surface area contributed by atoms with Crippen LogP contribution < -0.4 is 10.9 Å². The smallest absolute Gasteiger partial charge is 0.264 e. The van der Waals surface area contributed by atoms with Crippen LogP contribution in [0.4, 0.5) is 0 Å². The number of hydrazine groups is 1. The van der Waals surface area contributed by atoms with E-state index in [1.54, 1.807) is 0 Å². The van der Waals surface area contributed by atoms with E-state index in [0.29, 0.717) is 5.96 Å². The molecule has 0 atom stereocenters. The number of nitrogens with zero attached hydrogens (tertiary/aromatic N) is 3. The summed E-state index contributed by atoms with van der Waals surface area (Å²) < 4.78 is 0. The largest absolute Gasteiger partial charge is 0.268 e. The van der Waals surface area contributed by atoms with E-state index in [1.165, 1.54) is 23.6 Å². The summed E-state index contributed by atoms with van der Waals surface area (Å²) in [6.45, 7) is 0. The van der Waals surface area contributed by atoms with E-state index in [2.05, 4.69) is 20.9 Å². The molecule has 6 nitrogen and oxygen atoms in total. The van der Waals surface area contributed by atoms with Gasteiger partial charge in [0.25, 0.3) is 5.91 Å². The highest BCUT2D eigenvalue weighted by molar-refractivity contribution is 5.99. The van der Waals surface area contributed by atoms with Gasteiger partial charge in [0.15, 0.2) is 0 Å². The van der Waals surface area contributed by atoms with Gasteiger partial charge in [0, 0.05) is 12.3 Å². The lowest BCUT2D eigenvalue weighted by Gasteiger charge is -2.11. The number of guanidine groups is 1. The summed E-state index contributed by atoms with van der Waals surface area (Å²) in [6.07, 6.45) is 4.18. The molecule has 11 heavy (non-hydrogen) atoms. The van der Waals surface area contributed by atoms with Crippen LogP contribution in [0.3, 0.4) is 0 Å². The lowest BCUT2D eigenvalue weighted by Crippen LogP contribution is -2.43. The molecule has 2 N–H and O–H groups in total. The Morgan fingerprint density at radius 2 is 2.45 bits per heavy atom. The molecule has 2 aliphatic heterocycles. The van der Waals surface area contributed by atoms with Crippen molar-refractivity contribution in [3.05, 3.63) is 12.3 Å². The molecule has 0 aliphatic carbocycles. The van der Waals surface area contributed by atoms with Crippen molar-refractivity contribution in [2.75, 3.05) is 0 Å². The molecule has 0 saturated heterocycles. The molecule has 0 radical (unpaired) electrons. The molecule has 56 valence electrons. The van der Waals surface area contributed by atoms with Crippen LogP contribution in [0.2, 0.25) is 0 Å². The SMILES string of the molecule is O=C1C=CN=C2NN=CN2N1. The number of carbonyl (C=O) groups is 1. The third-order valence-electron chi connectivity index (χ3n) is 1.22. The van der Waals surface area contributed by atoms with Gasteiger partial charge in [0.05, 0.1) is 0 Å². The first-order chi connectivity index (χ1) is 5.36. The van der Waals surface area contributed by atoms with Gasteiger partial charge in [-0.25, -0.2) is 15.4 Å². The van der Waals surface area contributed by atoms with Crippen LogP contribution in [-0.4, -0.2) is 23.2 Å². The Bertz CT molecular complexity index is 279. The standard InChI is InChI=1S/C5H5N5O/c11-4-1-2-6-5-8-7-3-10(5)9-4/h1-3H,(H,6,8)(H,9,11). The molecule has 2 rings (SSSR count). The Hall–Kier alpha value is -1.85. The first-order valence-electron chi connectivity index (χ1n) is 3.00. The van der Waals surface area contributed by atoms with E-state index < -0.39 is 0 Å². The summed E-state index contributed by atoms with van der Waals surface area (Å²) in [5, 5.41) is 5.08. The molecule has 0 aromatic rings. The van der Waals surface area contributed by atoms with Gasteiger partial charge < -0.3 is 0 Å². The van der Waals surface area contributed by atoms with Gasteiger partial charge in [-0.1, -0.05) is 0 Å². The van der Waals surface area contributed by atoms with E-state index in [1.807, 2.05) is 0 Å². The summed E-state index contributed by atoms with van der Waals surface area (Å²) in [5.41, 5.74) is 5.10. The second-order valence-corrected chi connectivity index (χ2v) is 1.97. The molecular formula is C5H5N5O. The van der Waals surface area contributed by atoms with Crippen molar-refractivity contribution in [3.63, 3.8) is 0 Å². The summed E-state index contributed by atoms with van der Waals surface area (Å²) >= 11 is 0. The number of nitrogens with one attached hydrogen (secondary N) is 2. The van der Waals surface area contributed by atoms with Crippen LogP contribution in [-0.2, 0) is 4.79 Å². The van der Waals surface area contributed by atoms with Crippen LogP contribution in [0.15, 0.2) is 22.4 Å². The quantitative estimate of drug-likeness (QED) is 0.454. The monoisotopic (exact) mass is 151 g/mol. The number of hydrogen-bond acceptors (Lipinski definition) is 5. The fourth-order valence-corrected chi connectivity index (χ4v) is 0.757. The zero-order valence-electron chi connectivity index (χ0n) is 5.48. The van der Waals surface area contributed by atoms with Gasteiger partial charge in [-0.05, 0) is 0 Å². The fraction of sp³-hybridized carbons (Fsp3) is 0. The summed E-state index contributed by atoms with van der Waals surface area (Å²) in [4.78, 5) is 14.7. The second kappa shape index (κ2) is 2.08. The zero-order valence-corrected chi connectivity index (χ0v) is 5.48. The lowest BCUT2D eigenvalue weighted by atomic mass is 10.6. The molecule has 2 heterocycles. The average Bonchev–Trinajstić information content (AvgIpc) is 2.31. The Labute approximate surface area is 62.2 Å². The number of amides is 1. The Morgan fingerprint density at radius 1 is 1.55 bits per heavy atom.